The summed E-state index contributed by atoms with van der Waals surface area (Å²) in [7, 11) is -1.20. The van der Waals surface area contributed by atoms with Crippen LogP contribution in [0.2, 0.25) is 0 Å². The van der Waals surface area contributed by atoms with Crippen molar-refractivity contribution >= 4 is 28.1 Å². The number of hydrogen-bond acceptors (Lipinski definition) is 3. The van der Waals surface area contributed by atoms with Crippen molar-refractivity contribution in [3.63, 3.8) is 0 Å². The Balaban J connectivity index is 2.51. The van der Waals surface area contributed by atoms with Crippen LogP contribution in [0.4, 0.5) is 15.8 Å². The number of nitrogens with one attached hydrogen (secondary N) is 1. The molecule has 3 N–H and O–H groups in total. The van der Waals surface area contributed by atoms with Crippen molar-refractivity contribution in [1.82, 2.24) is 0 Å². The first-order valence-corrected chi connectivity index (χ1v) is 7.57. The molecule has 0 heterocycles. The quantitative estimate of drug-likeness (QED) is 0.787. The standard InChI is InChI=1S/C13H19FN2O2S/c1-9(2)5-6-19(18)8-13(17)16-12-7-10(14)3-4-11(12)15/h3-4,7,9H,5-6,8,15H2,1-2H3,(H,16,17). The van der Waals surface area contributed by atoms with E-state index in [4.69, 9.17) is 5.73 Å². The summed E-state index contributed by atoms with van der Waals surface area (Å²) in [5, 5.41) is 2.47. The van der Waals surface area contributed by atoms with Gasteiger partial charge in [-0.2, -0.15) is 0 Å². The predicted octanol–water partition coefficient (Wildman–Crippen LogP) is 2.14. The van der Waals surface area contributed by atoms with Crippen molar-refractivity contribution < 1.29 is 13.4 Å². The van der Waals surface area contributed by atoms with E-state index in [1.807, 2.05) is 13.8 Å². The van der Waals surface area contributed by atoms with E-state index in [9.17, 15) is 13.4 Å². The largest absolute Gasteiger partial charge is 0.397 e. The second-order valence-corrected chi connectivity index (χ2v) is 6.33. The zero-order valence-corrected chi connectivity index (χ0v) is 11.9. The Morgan fingerprint density at radius 2 is 2.16 bits per heavy atom. The molecule has 0 aliphatic rings. The van der Waals surface area contributed by atoms with Crippen LogP contribution in [-0.4, -0.2) is 21.6 Å². The molecule has 1 aromatic rings. The number of nitrogen functional groups attached to an aromatic ring is 1. The van der Waals surface area contributed by atoms with Crippen molar-refractivity contribution in [2.45, 2.75) is 20.3 Å². The van der Waals surface area contributed by atoms with E-state index in [1.165, 1.54) is 12.1 Å². The van der Waals surface area contributed by atoms with Gasteiger partial charge in [0.2, 0.25) is 5.91 Å². The third kappa shape index (κ3) is 5.83. The molecule has 0 spiro atoms. The van der Waals surface area contributed by atoms with Crippen LogP contribution in [-0.2, 0) is 15.6 Å². The number of rotatable bonds is 6. The Labute approximate surface area is 115 Å². The maximum atomic E-state index is 13.0. The summed E-state index contributed by atoms with van der Waals surface area (Å²) in [6.45, 7) is 4.06. The molecule has 1 unspecified atom stereocenters. The Kier molecular flexibility index (Phi) is 5.95. The summed E-state index contributed by atoms with van der Waals surface area (Å²) >= 11 is 0. The van der Waals surface area contributed by atoms with Crippen LogP contribution in [0.1, 0.15) is 20.3 Å². The SMILES string of the molecule is CC(C)CCS(=O)CC(=O)Nc1cc(F)ccc1N. The van der Waals surface area contributed by atoms with Crippen molar-refractivity contribution in [2.75, 3.05) is 22.6 Å². The number of halogens is 1. The predicted molar refractivity (Wildman–Crippen MR) is 76.8 cm³/mol. The first kappa shape index (κ1) is 15.6. The van der Waals surface area contributed by atoms with Crippen LogP contribution < -0.4 is 11.1 Å². The number of benzene rings is 1. The van der Waals surface area contributed by atoms with Gasteiger partial charge in [0, 0.05) is 16.6 Å². The fraction of sp³-hybridized carbons (Fsp3) is 0.462. The van der Waals surface area contributed by atoms with E-state index in [1.54, 1.807) is 0 Å². The third-order valence-electron chi connectivity index (χ3n) is 2.50. The van der Waals surface area contributed by atoms with E-state index in [0.717, 1.165) is 12.5 Å². The van der Waals surface area contributed by atoms with Gasteiger partial charge in [0.15, 0.2) is 0 Å². The zero-order chi connectivity index (χ0) is 14.4. The van der Waals surface area contributed by atoms with Gasteiger partial charge in [0.05, 0.1) is 11.4 Å². The van der Waals surface area contributed by atoms with E-state index >= 15 is 0 Å². The molecule has 0 saturated heterocycles. The van der Waals surface area contributed by atoms with Crippen LogP contribution in [0, 0.1) is 11.7 Å². The fourth-order valence-electron chi connectivity index (χ4n) is 1.41. The topological polar surface area (TPSA) is 72.2 Å². The molecule has 0 aliphatic heterocycles. The summed E-state index contributed by atoms with van der Waals surface area (Å²) in [4.78, 5) is 11.6. The number of amides is 1. The lowest BCUT2D eigenvalue weighted by Gasteiger charge is -2.08. The molecule has 0 fully saturated rings. The van der Waals surface area contributed by atoms with Crippen LogP contribution >= 0.6 is 0 Å². The van der Waals surface area contributed by atoms with Crippen molar-refractivity contribution in [1.29, 1.82) is 0 Å². The first-order chi connectivity index (χ1) is 8.88. The fourth-order valence-corrected chi connectivity index (χ4v) is 2.65. The average molecular weight is 286 g/mol. The highest BCUT2D eigenvalue weighted by Crippen LogP contribution is 2.19. The number of carbonyl (C=O) groups is 1. The molecule has 6 heteroatoms. The van der Waals surface area contributed by atoms with E-state index in [2.05, 4.69) is 5.32 Å². The maximum Gasteiger partial charge on any atom is 0.237 e. The minimum Gasteiger partial charge on any atom is -0.397 e. The molecule has 1 rings (SSSR count). The number of hydrogen-bond donors (Lipinski definition) is 2. The Bertz CT molecular complexity index is 478. The lowest BCUT2D eigenvalue weighted by Crippen LogP contribution is -2.21. The monoisotopic (exact) mass is 286 g/mol. The average Bonchev–Trinajstić information content (AvgIpc) is 2.31. The molecule has 106 valence electrons. The molecular formula is C13H19FN2O2S. The third-order valence-corrected chi connectivity index (χ3v) is 3.78. The van der Waals surface area contributed by atoms with Gasteiger partial charge >= 0.3 is 0 Å². The molecule has 1 amide bonds. The molecule has 1 aromatic carbocycles. The zero-order valence-electron chi connectivity index (χ0n) is 11.1. The first-order valence-electron chi connectivity index (χ1n) is 6.08. The molecular weight excluding hydrogens is 267 g/mol. The Morgan fingerprint density at radius 3 is 2.79 bits per heavy atom. The van der Waals surface area contributed by atoms with Gasteiger partial charge in [-0.1, -0.05) is 13.8 Å². The molecule has 1 atom stereocenters. The summed E-state index contributed by atoms with van der Waals surface area (Å²) in [6.07, 6.45) is 0.808. The molecule has 0 aliphatic carbocycles. The van der Waals surface area contributed by atoms with Crippen molar-refractivity contribution in [3.8, 4) is 0 Å². The van der Waals surface area contributed by atoms with E-state index < -0.39 is 22.5 Å². The molecule has 4 nitrogen and oxygen atoms in total. The Morgan fingerprint density at radius 1 is 1.47 bits per heavy atom. The van der Waals surface area contributed by atoms with Crippen molar-refractivity contribution in [2.24, 2.45) is 5.92 Å². The van der Waals surface area contributed by atoms with Gasteiger partial charge in [-0.3, -0.25) is 9.00 Å². The normalized spacial score (nSPS) is 12.4. The highest BCUT2D eigenvalue weighted by Gasteiger charge is 2.11. The van der Waals surface area contributed by atoms with Crippen LogP contribution in [0.25, 0.3) is 0 Å². The summed E-state index contributed by atoms with van der Waals surface area (Å²) in [6, 6.07) is 3.73. The van der Waals surface area contributed by atoms with E-state index in [0.29, 0.717) is 11.7 Å². The van der Waals surface area contributed by atoms with Gasteiger partial charge in [0.25, 0.3) is 0 Å². The molecule has 0 aromatic heterocycles. The van der Waals surface area contributed by atoms with Crippen molar-refractivity contribution in [3.05, 3.63) is 24.0 Å². The summed E-state index contributed by atoms with van der Waals surface area (Å²) in [5.74, 6) is -0.0532. The lowest BCUT2D eigenvalue weighted by atomic mass is 10.2. The minimum atomic E-state index is -1.20. The molecule has 19 heavy (non-hydrogen) atoms. The molecule has 0 radical (unpaired) electrons. The Hall–Kier alpha value is -1.43. The van der Waals surface area contributed by atoms with Crippen LogP contribution in [0.15, 0.2) is 18.2 Å². The van der Waals surface area contributed by atoms with E-state index in [-0.39, 0.29) is 17.1 Å². The smallest absolute Gasteiger partial charge is 0.237 e. The van der Waals surface area contributed by atoms with Gasteiger partial charge in [-0.05, 0) is 30.5 Å². The van der Waals surface area contributed by atoms with Gasteiger partial charge in [0.1, 0.15) is 11.6 Å². The van der Waals surface area contributed by atoms with Crippen LogP contribution in [0.3, 0.4) is 0 Å². The van der Waals surface area contributed by atoms with Gasteiger partial charge < -0.3 is 11.1 Å². The second kappa shape index (κ2) is 7.23. The van der Waals surface area contributed by atoms with Crippen LogP contribution in [0.5, 0.6) is 0 Å². The lowest BCUT2D eigenvalue weighted by molar-refractivity contribution is -0.113. The number of carbonyl (C=O) groups excluding carboxylic acids is 1. The summed E-state index contributed by atoms with van der Waals surface area (Å²) < 4.78 is 24.6. The minimum absolute atomic E-state index is 0.0946. The second-order valence-electron chi connectivity index (χ2n) is 4.75. The molecule has 0 bridgehead atoms. The van der Waals surface area contributed by atoms with Gasteiger partial charge in [-0.25, -0.2) is 4.39 Å². The number of anilines is 2. The molecule has 0 saturated carbocycles. The highest BCUT2D eigenvalue weighted by molar-refractivity contribution is 7.85. The van der Waals surface area contributed by atoms with Gasteiger partial charge in [-0.15, -0.1) is 0 Å². The summed E-state index contributed by atoms with van der Waals surface area (Å²) in [5.41, 5.74) is 6.10. The number of nitrogens with two attached hydrogens (primary N) is 1. The maximum absolute atomic E-state index is 13.0. The highest BCUT2D eigenvalue weighted by atomic mass is 32.2.